The Morgan fingerprint density at radius 2 is 1.74 bits per heavy atom. The van der Waals surface area contributed by atoms with Gasteiger partial charge < -0.3 is 14.8 Å². The smallest absolute Gasteiger partial charge is 0.344 e. The first-order valence-electron chi connectivity index (χ1n) is 7.38. The number of esters is 1. The van der Waals surface area contributed by atoms with E-state index in [-0.39, 0.29) is 6.61 Å². The fraction of sp³-hybridized carbons (Fsp3) is 0.438. The lowest BCUT2D eigenvalue weighted by atomic mass is 10.0. The van der Waals surface area contributed by atoms with Crippen molar-refractivity contribution in [3.05, 3.63) is 29.8 Å². The lowest BCUT2D eigenvalue weighted by Crippen LogP contribution is -2.41. The lowest BCUT2D eigenvalue weighted by Gasteiger charge is -2.09. The molecular formula is C16H22N2O5. The normalized spacial score (nSPS) is 10.1. The summed E-state index contributed by atoms with van der Waals surface area (Å²) in [6.45, 7) is 5.43. The van der Waals surface area contributed by atoms with E-state index in [1.165, 1.54) is 5.56 Å². The van der Waals surface area contributed by atoms with Gasteiger partial charge in [-0.3, -0.25) is 10.1 Å². The molecule has 0 bridgehead atoms. The van der Waals surface area contributed by atoms with Crippen molar-refractivity contribution in [2.45, 2.75) is 26.7 Å². The lowest BCUT2D eigenvalue weighted by molar-refractivity contribution is -0.150. The van der Waals surface area contributed by atoms with Crippen molar-refractivity contribution in [3.63, 3.8) is 0 Å². The Morgan fingerprint density at radius 3 is 2.30 bits per heavy atom. The number of carbonyl (C=O) groups excluding carboxylic acids is 3. The molecule has 1 rings (SSSR count). The number of nitrogens with one attached hydrogen (secondary N) is 2. The van der Waals surface area contributed by atoms with Crippen LogP contribution in [-0.4, -0.2) is 37.7 Å². The van der Waals surface area contributed by atoms with Crippen LogP contribution in [0.4, 0.5) is 4.79 Å². The number of urea groups is 1. The van der Waals surface area contributed by atoms with Gasteiger partial charge in [0, 0.05) is 6.54 Å². The van der Waals surface area contributed by atoms with Crippen molar-refractivity contribution in [1.82, 2.24) is 10.6 Å². The van der Waals surface area contributed by atoms with E-state index in [1.54, 1.807) is 19.1 Å². The summed E-state index contributed by atoms with van der Waals surface area (Å²) in [6.07, 6.45) is 0. The number of benzene rings is 1. The molecule has 0 spiro atoms. The van der Waals surface area contributed by atoms with Crippen LogP contribution < -0.4 is 15.4 Å². The minimum absolute atomic E-state index is 0.310. The third-order valence-electron chi connectivity index (χ3n) is 2.86. The Bertz CT molecular complexity index is 540. The first kappa shape index (κ1) is 18.5. The second-order valence-corrected chi connectivity index (χ2v) is 5.08. The molecule has 126 valence electrons. The number of carbonyl (C=O) groups is 3. The van der Waals surface area contributed by atoms with Crippen molar-refractivity contribution >= 4 is 17.9 Å². The van der Waals surface area contributed by atoms with Gasteiger partial charge >= 0.3 is 12.0 Å². The van der Waals surface area contributed by atoms with Crippen LogP contribution >= 0.6 is 0 Å². The number of imide groups is 1. The van der Waals surface area contributed by atoms with Crippen LogP contribution in [0.3, 0.4) is 0 Å². The summed E-state index contributed by atoms with van der Waals surface area (Å²) in [5, 5.41) is 4.41. The van der Waals surface area contributed by atoms with E-state index in [0.717, 1.165) is 0 Å². The molecule has 1 aromatic rings. The van der Waals surface area contributed by atoms with Crippen LogP contribution in [0.1, 0.15) is 32.3 Å². The van der Waals surface area contributed by atoms with E-state index in [4.69, 9.17) is 9.47 Å². The Balaban J connectivity index is 2.28. The quantitative estimate of drug-likeness (QED) is 0.743. The molecule has 0 fully saturated rings. The largest absolute Gasteiger partial charge is 0.482 e. The first-order chi connectivity index (χ1) is 10.9. The Hall–Kier alpha value is -2.57. The van der Waals surface area contributed by atoms with Crippen molar-refractivity contribution < 1.29 is 23.9 Å². The summed E-state index contributed by atoms with van der Waals surface area (Å²) < 4.78 is 9.98. The van der Waals surface area contributed by atoms with Crippen molar-refractivity contribution in [3.8, 4) is 5.75 Å². The van der Waals surface area contributed by atoms with Crippen LogP contribution in [0.25, 0.3) is 0 Å². The molecule has 7 heteroatoms. The molecule has 1 aromatic carbocycles. The van der Waals surface area contributed by atoms with Crippen molar-refractivity contribution in [2.24, 2.45) is 0 Å². The molecule has 0 aromatic heterocycles. The minimum atomic E-state index is -0.703. The van der Waals surface area contributed by atoms with Crippen LogP contribution in [0, 0.1) is 0 Å². The van der Waals surface area contributed by atoms with E-state index in [9.17, 15) is 14.4 Å². The fourth-order valence-corrected chi connectivity index (χ4v) is 1.65. The Labute approximate surface area is 135 Å². The summed E-state index contributed by atoms with van der Waals surface area (Å²) in [7, 11) is 0. The average molecular weight is 322 g/mol. The standard InChI is InChI=1S/C16H22N2O5/c1-4-17-16(21)18-14(19)9-23-15(20)10-22-13-7-5-12(6-8-13)11(2)3/h5-8,11H,4,9-10H2,1-3H3,(H2,17,18,19,21). The number of rotatable bonds is 7. The van der Waals surface area contributed by atoms with Gasteiger partial charge in [-0.25, -0.2) is 9.59 Å². The summed E-state index contributed by atoms with van der Waals surface area (Å²) >= 11 is 0. The fourth-order valence-electron chi connectivity index (χ4n) is 1.65. The highest BCUT2D eigenvalue weighted by Gasteiger charge is 2.11. The Kier molecular flexibility index (Phi) is 7.59. The van der Waals surface area contributed by atoms with Gasteiger partial charge in [-0.1, -0.05) is 26.0 Å². The Morgan fingerprint density at radius 1 is 1.09 bits per heavy atom. The van der Waals surface area contributed by atoms with E-state index in [0.29, 0.717) is 18.2 Å². The molecule has 0 heterocycles. The highest BCUT2D eigenvalue weighted by atomic mass is 16.6. The third kappa shape index (κ3) is 7.30. The van der Waals surface area contributed by atoms with Gasteiger partial charge in [0.2, 0.25) is 0 Å². The van der Waals surface area contributed by atoms with Gasteiger partial charge in [0.15, 0.2) is 13.2 Å². The van der Waals surface area contributed by atoms with Crippen molar-refractivity contribution in [1.29, 1.82) is 0 Å². The molecule has 3 amide bonds. The SMILES string of the molecule is CCNC(=O)NC(=O)COC(=O)COc1ccc(C(C)C)cc1. The van der Waals surface area contributed by atoms with E-state index < -0.39 is 24.5 Å². The first-order valence-corrected chi connectivity index (χ1v) is 7.38. The van der Waals surface area contributed by atoms with Crippen LogP contribution in [0.2, 0.25) is 0 Å². The second-order valence-electron chi connectivity index (χ2n) is 5.08. The molecule has 23 heavy (non-hydrogen) atoms. The highest BCUT2D eigenvalue weighted by Crippen LogP contribution is 2.18. The zero-order valence-electron chi connectivity index (χ0n) is 13.5. The van der Waals surface area contributed by atoms with Gasteiger partial charge in [-0.05, 0) is 30.5 Å². The molecular weight excluding hydrogens is 300 g/mol. The summed E-state index contributed by atoms with van der Waals surface area (Å²) in [5.74, 6) is -0.440. The number of ether oxygens (including phenoxy) is 2. The summed E-state index contributed by atoms with van der Waals surface area (Å²) in [5.41, 5.74) is 1.17. The van der Waals surface area contributed by atoms with Gasteiger partial charge in [0.1, 0.15) is 5.75 Å². The molecule has 0 saturated carbocycles. The summed E-state index contributed by atoms with van der Waals surface area (Å²) in [6, 6.07) is 6.75. The molecule has 0 aliphatic carbocycles. The molecule has 0 saturated heterocycles. The van der Waals surface area contributed by atoms with Gasteiger partial charge in [0.25, 0.3) is 5.91 Å². The monoisotopic (exact) mass is 322 g/mol. The van der Waals surface area contributed by atoms with Gasteiger partial charge in [-0.2, -0.15) is 0 Å². The predicted molar refractivity (Wildman–Crippen MR) is 84.2 cm³/mol. The highest BCUT2D eigenvalue weighted by molar-refractivity contribution is 5.95. The zero-order chi connectivity index (χ0) is 17.2. The maximum atomic E-state index is 11.5. The van der Waals surface area contributed by atoms with E-state index >= 15 is 0 Å². The van der Waals surface area contributed by atoms with Gasteiger partial charge in [0.05, 0.1) is 0 Å². The molecule has 0 aliphatic rings. The average Bonchev–Trinajstić information content (AvgIpc) is 2.51. The van der Waals surface area contributed by atoms with Crippen LogP contribution in [0.5, 0.6) is 5.75 Å². The van der Waals surface area contributed by atoms with E-state index in [1.807, 2.05) is 17.4 Å². The minimum Gasteiger partial charge on any atom is -0.482 e. The molecule has 0 unspecified atom stereocenters. The molecule has 2 N–H and O–H groups in total. The molecule has 7 nitrogen and oxygen atoms in total. The van der Waals surface area contributed by atoms with E-state index in [2.05, 4.69) is 19.2 Å². The van der Waals surface area contributed by atoms with Crippen LogP contribution in [0.15, 0.2) is 24.3 Å². The number of amides is 3. The maximum Gasteiger partial charge on any atom is 0.344 e. The third-order valence-corrected chi connectivity index (χ3v) is 2.86. The van der Waals surface area contributed by atoms with Crippen molar-refractivity contribution in [2.75, 3.05) is 19.8 Å². The predicted octanol–water partition coefficient (Wildman–Crippen LogP) is 1.58. The second kappa shape index (κ2) is 9.45. The zero-order valence-corrected chi connectivity index (χ0v) is 13.5. The summed E-state index contributed by atoms with van der Waals surface area (Å²) in [4.78, 5) is 33.9. The van der Waals surface area contributed by atoms with Gasteiger partial charge in [-0.15, -0.1) is 0 Å². The van der Waals surface area contributed by atoms with Crippen LogP contribution in [-0.2, 0) is 14.3 Å². The number of hydrogen-bond donors (Lipinski definition) is 2. The topological polar surface area (TPSA) is 93.7 Å². The molecule has 0 atom stereocenters. The molecule has 0 radical (unpaired) electrons. The maximum absolute atomic E-state index is 11.5. The molecule has 0 aliphatic heterocycles. The number of hydrogen-bond acceptors (Lipinski definition) is 5.